The second kappa shape index (κ2) is 10.7. The molecule has 3 unspecified atom stereocenters. The van der Waals surface area contributed by atoms with Gasteiger partial charge in [-0.2, -0.15) is 13.2 Å². The molecule has 8 nitrogen and oxygen atoms in total. The molecule has 5 atom stereocenters. The van der Waals surface area contributed by atoms with E-state index in [4.69, 9.17) is 30.5 Å². The Bertz CT molecular complexity index is 868. The SMILES string of the molecule is CC(=O)OCC1O[C@H](Sc2cnc(C(F)(F)F)c(Cl)c2)C(OC(C)=O)C(C)[C@H]1OC(C)=O. The minimum atomic E-state index is -4.72. The van der Waals surface area contributed by atoms with Crippen LogP contribution < -0.4 is 0 Å². The highest BCUT2D eigenvalue weighted by Gasteiger charge is 2.48. The van der Waals surface area contributed by atoms with Gasteiger partial charge in [0.05, 0.1) is 5.02 Å². The molecule has 0 radical (unpaired) electrons. The van der Waals surface area contributed by atoms with E-state index in [-0.39, 0.29) is 11.5 Å². The van der Waals surface area contributed by atoms with E-state index < -0.39 is 64.5 Å². The maximum atomic E-state index is 12.9. The van der Waals surface area contributed by atoms with Crippen molar-refractivity contribution in [3.8, 4) is 0 Å². The third-order valence-corrected chi connectivity index (χ3v) is 5.77. The number of esters is 3. The van der Waals surface area contributed by atoms with Gasteiger partial charge in [0.25, 0.3) is 0 Å². The molecule has 1 aromatic rings. The van der Waals surface area contributed by atoms with Crippen molar-refractivity contribution in [2.24, 2.45) is 5.92 Å². The first-order valence-corrected chi connectivity index (χ1v) is 10.6. The number of halogens is 4. The van der Waals surface area contributed by atoms with E-state index in [0.717, 1.165) is 24.0 Å². The molecule has 2 rings (SSSR count). The van der Waals surface area contributed by atoms with Crippen LogP contribution in [0.4, 0.5) is 13.2 Å². The summed E-state index contributed by atoms with van der Waals surface area (Å²) in [7, 11) is 0. The monoisotopic (exact) mass is 499 g/mol. The number of nitrogens with zero attached hydrogens (tertiary/aromatic N) is 1. The molecule has 1 aromatic heterocycles. The summed E-state index contributed by atoms with van der Waals surface area (Å²) in [6.07, 6.45) is -6.53. The van der Waals surface area contributed by atoms with Crippen molar-refractivity contribution in [2.75, 3.05) is 6.61 Å². The Morgan fingerprint density at radius 1 is 1.12 bits per heavy atom. The van der Waals surface area contributed by atoms with Crippen LogP contribution in [0.5, 0.6) is 0 Å². The highest BCUT2D eigenvalue weighted by Crippen LogP contribution is 2.41. The predicted molar refractivity (Wildman–Crippen MR) is 106 cm³/mol. The van der Waals surface area contributed by atoms with E-state index in [1.807, 2.05) is 0 Å². The van der Waals surface area contributed by atoms with Crippen molar-refractivity contribution in [2.45, 2.75) is 62.5 Å². The quantitative estimate of drug-likeness (QED) is 0.429. The Kier molecular flexibility index (Phi) is 8.77. The average Bonchev–Trinajstić information content (AvgIpc) is 2.64. The second-order valence-electron chi connectivity index (χ2n) is 6.97. The summed E-state index contributed by atoms with van der Waals surface area (Å²) in [5, 5.41) is -0.607. The molecule has 13 heteroatoms. The maximum Gasteiger partial charge on any atom is 0.434 e. The number of ether oxygens (including phenoxy) is 4. The number of carbonyl (C=O) groups excluding carboxylic acids is 3. The number of hydrogen-bond donors (Lipinski definition) is 0. The lowest BCUT2D eigenvalue weighted by Crippen LogP contribution is -2.56. The van der Waals surface area contributed by atoms with Crippen molar-refractivity contribution in [1.82, 2.24) is 4.98 Å². The molecular weight excluding hydrogens is 479 g/mol. The Labute approximate surface area is 191 Å². The summed E-state index contributed by atoms with van der Waals surface area (Å²) in [6.45, 7) is 4.95. The zero-order chi connectivity index (χ0) is 24.2. The van der Waals surface area contributed by atoms with Crippen molar-refractivity contribution in [3.05, 3.63) is 23.0 Å². The third-order valence-electron chi connectivity index (χ3n) is 4.37. The largest absolute Gasteiger partial charge is 0.463 e. The lowest BCUT2D eigenvalue weighted by Gasteiger charge is -2.43. The van der Waals surface area contributed by atoms with Crippen LogP contribution in [0.15, 0.2) is 17.2 Å². The maximum absolute atomic E-state index is 12.9. The highest BCUT2D eigenvalue weighted by atomic mass is 35.5. The van der Waals surface area contributed by atoms with Crippen LogP contribution in [0.2, 0.25) is 5.02 Å². The van der Waals surface area contributed by atoms with E-state index in [0.29, 0.717) is 0 Å². The Morgan fingerprint density at radius 3 is 2.22 bits per heavy atom. The first-order valence-electron chi connectivity index (χ1n) is 9.32. The summed E-state index contributed by atoms with van der Waals surface area (Å²) < 4.78 is 60.4. The fraction of sp³-hybridized carbons (Fsp3) is 0.579. The van der Waals surface area contributed by atoms with Gasteiger partial charge in [-0.05, 0) is 6.07 Å². The number of pyridine rings is 1. The van der Waals surface area contributed by atoms with Crippen molar-refractivity contribution in [1.29, 1.82) is 0 Å². The first-order chi connectivity index (χ1) is 14.8. The molecule has 0 bridgehead atoms. The van der Waals surface area contributed by atoms with E-state index in [2.05, 4.69) is 4.98 Å². The number of alkyl halides is 3. The van der Waals surface area contributed by atoms with Gasteiger partial charge in [-0.25, -0.2) is 4.98 Å². The third kappa shape index (κ3) is 6.97. The lowest BCUT2D eigenvalue weighted by molar-refractivity contribution is -0.212. The fourth-order valence-electron chi connectivity index (χ4n) is 3.09. The first kappa shape index (κ1) is 26.2. The van der Waals surface area contributed by atoms with Crippen LogP contribution in [-0.2, 0) is 39.5 Å². The fourth-order valence-corrected chi connectivity index (χ4v) is 4.63. The Morgan fingerprint density at radius 2 is 1.72 bits per heavy atom. The van der Waals surface area contributed by atoms with Crippen LogP contribution >= 0.6 is 23.4 Å². The number of rotatable bonds is 6. The molecule has 1 fully saturated rings. The molecular formula is C19H21ClF3NO7S. The summed E-state index contributed by atoms with van der Waals surface area (Å²) in [6, 6.07) is 1.07. The van der Waals surface area contributed by atoms with Crippen LogP contribution in [0.3, 0.4) is 0 Å². The minimum Gasteiger partial charge on any atom is -0.463 e. The molecule has 1 saturated heterocycles. The van der Waals surface area contributed by atoms with Gasteiger partial charge in [0.15, 0.2) is 5.69 Å². The minimum absolute atomic E-state index is 0.217. The Hall–Kier alpha value is -2.05. The van der Waals surface area contributed by atoms with E-state index in [1.165, 1.54) is 20.8 Å². The molecule has 2 heterocycles. The Balaban J connectivity index is 2.34. The van der Waals surface area contributed by atoms with Crippen LogP contribution in [0.1, 0.15) is 33.4 Å². The molecule has 178 valence electrons. The molecule has 1 aliphatic rings. The summed E-state index contributed by atoms with van der Waals surface area (Å²) >= 11 is 6.65. The molecule has 0 spiro atoms. The number of aromatic nitrogens is 1. The summed E-state index contributed by atoms with van der Waals surface area (Å²) in [5.74, 6) is -2.45. The van der Waals surface area contributed by atoms with Gasteiger partial charge < -0.3 is 18.9 Å². The zero-order valence-electron chi connectivity index (χ0n) is 17.5. The molecule has 32 heavy (non-hydrogen) atoms. The van der Waals surface area contributed by atoms with Gasteiger partial charge in [-0.15, -0.1) is 0 Å². The standard InChI is InChI=1S/C19H21ClF3NO7S/c1-8-15(29-10(3)26)14(7-28-9(2)25)31-18(16(8)30-11(4)27)32-12-5-13(20)17(24-6-12)19(21,22)23/h5-6,8,14-16,18H,7H2,1-4H3/t8?,14?,15-,16?,18-/m1/s1. The number of thioether (sulfide) groups is 1. The van der Waals surface area contributed by atoms with E-state index >= 15 is 0 Å². The molecule has 0 aliphatic carbocycles. The van der Waals surface area contributed by atoms with Crippen molar-refractivity contribution < 1.29 is 46.5 Å². The molecule has 1 aliphatic heterocycles. The van der Waals surface area contributed by atoms with Gasteiger partial charge in [0, 0.05) is 37.8 Å². The molecule has 0 amide bonds. The number of carbonyl (C=O) groups is 3. The van der Waals surface area contributed by atoms with Crippen LogP contribution in [-0.4, -0.2) is 53.2 Å². The lowest BCUT2D eigenvalue weighted by atomic mass is 9.91. The van der Waals surface area contributed by atoms with Crippen LogP contribution in [0, 0.1) is 5.92 Å². The summed E-state index contributed by atoms with van der Waals surface area (Å²) in [5.41, 5.74) is -2.18. The van der Waals surface area contributed by atoms with Crippen molar-refractivity contribution in [3.63, 3.8) is 0 Å². The van der Waals surface area contributed by atoms with Gasteiger partial charge >= 0.3 is 24.1 Å². The predicted octanol–water partition coefficient (Wildman–Crippen LogP) is 3.63. The van der Waals surface area contributed by atoms with Gasteiger partial charge in [0.2, 0.25) is 0 Å². The van der Waals surface area contributed by atoms with Crippen molar-refractivity contribution >= 4 is 41.3 Å². The zero-order valence-corrected chi connectivity index (χ0v) is 19.0. The molecule has 0 N–H and O–H groups in total. The smallest absolute Gasteiger partial charge is 0.434 e. The molecule has 0 aromatic carbocycles. The van der Waals surface area contributed by atoms with Gasteiger partial charge in [0.1, 0.15) is 30.4 Å². The van der Waals surface area contributed by atoms with Crippen LogP contribution in [0.25, 0.3) is 0 Å². The van der Waals surface area contributed by atoms with Gasteiger partial charge in [-0.3, -0.25) is 14.4 Å². The highest BCUT2D eigenvalue weighted by molar-refractivity contribution is 7.99. The van der Waals surface area contributed by atoms with E-state index in [1.54, 1.807) is 6.92 Å². The topological polar surface area (TPSA) is 101 Å². The molecule has 0 saturated carbocycles. The normalized spacial score (nSPS) is 25.7. The summed E-state index contributed by atoms with van der Waals surface area (Å²) in [4.78, 5) is 38.1. The van der Waals surface area contributed by atoms with Gasteiger partial charge in [-0.1, -0.05) is 30.3 Å². The number of hydrogen-bond acceptors (Lipinski definition) is 9. The average molecular weight is 500 g/mol. The van der Waals surface area contributed by atoms with E-state index in [9.17, 15) is 27.6 Å². The second-order valence-corrected chi connectivity index (χ2v) is 8.55.